The average Bonchev–Trinajstić information content (AvgIpc) is 2.67. The van der Waals surface area contributed by atoms with Crippen molar-refractivity contribution in [3.8, 4) is 0 Å². The molecule has 1 heterocycles. The van der Waals surface area contributed by atoms with Crippen LogP contribution in [0.2, 0.25) is 0 Å². The van der Waals surface area contributed by atoms with Gasteiger partial charge in [0.2, 0.25) is 0 Å². The maximum Gasteiger partial charge on any atom is 0.357 e. The number of hydrogen-bond donors (Lipinski definition) is 0. The fourth-order valence-electron chi connectivity index (χ4n) is 2.50. The van der Waals surface area contributed by atoms with E-state index in [4.69, 9.17) is 4.74 Å². The van der Waals surface area contributed by atoms with Crippen molar-refractivity contribution in [1.82, 2.24) is 4.98 Å². The highest BCUT2D eigenvalue weighted by molar-refractivity contribution is 5.98. The van der Waals surface area contributed by atoms with Gasteiger partial charge in [-0.05, 0) is 31.2 Å². The Morgan fingerprint density at radius 1 is 0.960 bits per heavy atom. The first-order valence-corrected chi connectivity index (χ1v) is 7.95. The molecule has 0 N–H and O–H groups in total. The predicted molar refractivity (Wildman–Crippen MR) is 96.5 cm³/mol. The lowest BCUT2D eigenvalue weighted by atomic mass is 10.2. The number of likely N-dealkylation sites (N-methyl/N-ethyl adjacent to an activating group) is 1. The van der Waals surface area contributed by atoms with Crippen molar-refractivity contribution in [3.05, 3.63) is 72.4 Å². The van der Waals surface area contributed by atoms with Gasteiger partial charge in [-0.25, -0.2) is 9.78 Å². The van der Waals surface area contributed by atoms with Gasteiger partial charge in [0.05, 0.1) is 5.52 Å². The molecule has 0 aliphatic rings. The number of hydrogen-bond acceptors (Lipinski definition) is 4. The van der Waals surface area contributed by atoms with Crippen LogP contribution in [0, 0.1) is 0 Å². The van der Waals surface area contributed by atoms with Crippen molar-refractivity contribution in [2.45, 2.75) is 13.0 Å². The highest BCUT2D eigenvalue weighted by Crippen LogP contribution is 2.15. The zero-order valence-electron chi connectivity index (χ0n) is 14.0. The van der Waals surface area contributed by atoms with Gasteiger partial charge in [-0.3, -0.25) is 4.79 Å². The number of ether oxygens (including phenoxy) is 1. The molecular weight excluding hydrogens is 316 g/mol. The van der Waals surface area contributed by atoms with Gasteiger partial charge in [-0.15, -0.1) is 0 Å². The minimum atomic E-state index is -0.911. The Hall–Kier alpha value is -3.21. The molecule has 3 aromatic rings. The topological polar surface area (TPSA) is 59.5 Å². The number of anilines is 1. The molecule has 0 saturated heterocycles. The van der Waals surface area contributed by atoms with Gasteiger partial charge in [0.15, 0.2) is 6.10 Å². The average molecular weight is 334 g/mol. The van der Waals surface area contributed by atoms with Gasteiger partial charge in [0, 0.05) is 18.1 Å². The van der Waals surface area contributed by atoms with E-state index < -0.39 is 12.1 Å². The molecule has 1 aromatic heterocycles. The summed E-state index contributed by atoms with van der Waals surface area (Å²) in [6.45, 7) is 1.56. The van der Waals surface area contributed by atoms with E-state index in [0.717, 1.165) is 11.1 Å². The summed E-state index contributed by atoms with van der Waals surface area (Å²) < 4.78 is 5.30. The number of rotatable bonds is 4. The minimum Gasteiger partial charge on any atom is -0.448 e. The van der Waals surface area contributed by atoms with E-state index in [2.05, 4.69) is 4.98 Å². The largest absolute Gasteiger partial charge is 0.448 e. The van der Waals surface area contributed by atoms with Gasteiger partial charge in [-0.2, -0.15) is 0 Å². The van der Waals surface area contributed by atoms with Crippen LogP contribution in [0.15, 0.2) is 66.7 Å². The molecular formula is C20H18N2O3. The number of aromatic nitrogens is 1. The number of amides is 1. The Bertz CT molecular complexity index is 909. The molecule has 0 fully saturated rings. The van der Waals surface area contributed by atoms with Crippen LogP contribution in [-0.4, -0.2) is 30.0 Å². The lowest BCUT2D eigenvalue weighted by Gasteiger charge is -2.21. The van der Waals surface area contributed by atoms with Gasteiger partial charge >= 0.3 is 5.97 Å². The van der Waals surface area contributed by atoms with Crippen molar-refractivity contribution in [1.29, 1.82) is 0 Å². The van der Waals surface area contributed by atoms with Crippen LogP contribution >= 0.6 is 0 Å². The van der Waals surface area contributed by atoms with Crippen molar-refractivity contribution < 1.29 is 14.3 Å². The quantitative estimate of drug-likeness (QED) is 0.686. The molecule has 0 bridgehead atoms. The van der Waals surface area contributed by atoms with Crippen LogP contribution in [0.25, 0.3) is 10.9 Å². The molecule has 2 aromatic carbocycles. The molecule has 126 valence electrons. The van der Waals surface area contributed by atoms with E-state index in [1.165, 1.54) is 4.90 Å². The second-order valence-electron chi connectivity index (χ2n) is 5.67. The molecule has 5 heteroatoms. The van der Waals surface area contributed by atoms with Gasteiger partial charge in [-0.1, -0.05) is 42.5 Å². The predicted octanol–water partition coefficient (Wildman–Crippen LogP) is 3.44. The van der Waals surface area contributed by atoms with E-state index in [-0.39, 0.29) is 11.6 Å². The number of carbonyl (C=O) groups is 2. The lowest BCUT2D eigenvalue weighted by molar-refractivity contribution is -0.126. The molecule has 0 spiro atoms. The maximum atomic E-state index is 12.5. The van der Waals surface area contributed by atoms with Crippen LogP contribution in [0.5, 0.6) is 0 Å². The molecule has 1 amide bonds. The summed E-state index contributed by atoms with van der Waals surface area (Å²) in [6, 6.07) is 20.1. The fraction of sp³-hybridized carbons (Fsp3) is 0.150. The Morgan fingerprint density at radius 2 is 1.64 bits per heavy atom. The number of pyridine rings is 1. The first kappa shape index (κ1) is 16.6. The Balaban J connectivity index is 1.71. The molecule has 0 aliphatic carbocycles. The monoisotopic (exact) mass is 334 g/mol. The van der Waals surface area contributed by atoms with Crippen molar-refractivity contribution in [2.24, 2.45) is 0 Å². The van der Waals surface area contributed by atoms with E-state index in [1.807, 2.05) is 60.7 Å². The zero-order valence-corrected chi connectivity index (χ0v) is 14.0. The smallest absolute Gasteiger partial charge is 0.357 e. The van der Waals surface area contributed by atoms with E-state index in [0.29, 0.717) is 5.52 Å². The van der Waals surface area contributed by atoms with Crippen LogP contribution in [0.4, 0.5) is 5.69 Å². The standard InChI is InChI=1S/C20H18N2O3/c1-14(19(23)22(2)16-9-4-3-5-10-16)25-20(24)18-13-12-15-8-6-7-11-17(15)21-18/h3-14H,1-2H3. The third-order valence-electron chi connectivity index (χ3n) is 3.91. The zero-order chi connectivity index (χ0) is 17.8. The number of nitrogens with zero attached hydrogens (tertiary/aromatic N) is 2. The van der Waals surface area contributed by atoms with E-state index in [1.54, 1.807) is 20.0 Å². The number of fused-ring (bicyclic) bond motifs is 1. The summed E-state index contributed by atoms with van der Waals surface area (Å²) >= 11 is 0. The highest BCUT2D eigenvalue weighted by atomic mass is 16.5. The highest BCUT2D eigenvalue weighted by Gasteiger charge is 2.23. The summed E-state index contributed by atoms with van der Waals surface area (Å²) in [5.74, 6) is -0.923. The summed E-state index contributed by atoms with van der Waals surface area (Å²) in [6.07, 6.45) is -0.911. The fourth-order valence-corrected chi connectivity index (χ4v) is 2.50. The summed E-state index contributed by atoms with van der Waals surface area (Å²) in [5.41, 5.74) is 1.62. The Morgan fingerprint density at radius 3 is 2.40 bits per heavy atom. The van der Waals surface area contributed by atoms with Crippen molar-refractivity contribution in [3.63, 3.8) is 0 Å². The molecule has 1 unspecified atom stereocenters. The Kier molecular flexibility index (Phi) is 4.75. The number of carbonyl (C=O) groups excluding carboxylic acids is 2. The Labute approximate surface area is 145 Å². The minimum absolute atomic E-state index is 0.181. The second kappa shape index (κ2) is 7.13. The molecule has 3 rings (SSSR count). The van der Waals surface area contributed by atoms with Crippen LogP contribution in [-0.2, 0) is 9.53 Å². The first-order valence-electron chi connectivity index (χ1n) is 7.95. The third kappa shape index (κ3) is 3.66. The van der Waals surface area contributed by atoms with Crippen LogP contribution in [0.1, 0.15) is 17.4 Å². The molecule has 0 saturated carbocycles. The molecule has 25 heavy (non-hydrogen) atoms. The van der Waals surface area contributed by atoms with Crippen molar-refractivity contribution >= 4 is 28.5 Å². The first-order chi connectivity index (χ1) is 12.1. The SMILES string of the molecule is CC(OC(=O)c1ccc2ccccc2n1)C(=O)N(C)c1ccccc1. The lowest BCUT2D eigenvalue weighted by Crippen LogP contribution is -2.37. The summed E-state index contributed by atoms with van der Waals surface area (Å²) in [7, 11) is 1.65. The molecule has 5 nitrogen and oxygen atoms in total. The van der Waals surface area contributed by atoms with E-state index >= 15 is 0 Å². The maximum absolute atomic E-state index is 12.5. The number of benzene rings is 2. The normalized spacial score (nSPS) is 11.8. The van der Waals surface area contributed by atoms with E-state index in [9.17, 15) is 9.59 Å². The number of para-hydroxylation sites is 2. The van der Waals surface area contributed by atoms with Gasteiger partial charge in [0.1, 0.15) is 5.69 Å². The summed E-state index contributed by atoms with van der Waals surface area (Å²) in [5, 5.41) is 0.937. The number of esters is 1. The molecule has 1 atom stereocenters. The van der Waals surface area contributed by atoms with Gasteiger partial charge < -0.3 is 9.64 Å². The van der Waals surface area contributed by atoms with Gasteiger partial charge in [0.25, 0.3) is 5.91 Å². The molecule has 0 aliphatic heterocycles. The van der Waals surface area contributed by atoms with Crippen molar-refractivity contribution in [2.75, 3.05) is 11.9 Å². The molecule has 0 radical (unpaired) electrons. The second-order valence-corrected chi connectivity index (χ2v) is 5.67. The van der Waals surface area contributed by atoms with Crippen LogP contribution < -0.4 is 4.90 Å². The summed E-state index contributed by atoms with van der Waals surface area (Å²) in [4.78, 5) is 30.5. The third-order valence-corrected chi connectivity index (χ3v) is 3.91. The van der Waals surface area contributed by atoms with Crippen LogP contribution in [0.3, 0.4) is 0 Å².